The number of pyridine rings is 1. The highest BCUT2D eigenvalue weighted by molar-refractivity contribution is 5.85. The number of hydrogen-bond donors (Lipinski definition) is 1. The summed E-state index contributed by atoms with van der Waals surface area (Å²) in [7, 11) is 3.59. The third kappa shape index (κ3) is 6.16. The molecule has 0 spiro atoms. The van der Waals surface area contributed by atoms with Gasteiger partial charge in [-0.3, -0.25) is 19.5 Å². The molecule has 2 rings (SSSR count). The van der Waals surface area contributed by atoms with Crippen molar-refractivity contribution in [2.24, 2.45) is 0 Å². The van der Waals surface area contributed by atoms with Crippen molar-refractivity contribution in [2.75, 3.05) is 33.7 Å². The predicted octanol–water partition coefficient (Wildman–Crippen LogP) is 2.73. The molecule has 150 valence electrons. The van der Waals surface area contributed by atoms with E-state index in [0.29, 0.717) is 6.54 Å². The van der Waals surface area contributed by atoms with Crippen LogP contribution in [-0.4, -0.2) is 60.3 Å². The van der Waals surface area contributed by atoms with Crippen LogP contribution < -0.4 is 5.32 Å². The van der Waals surface area contributed by atoms with Crippen LogP contribution in [0.15, 0.2) is 48.8 Å². The number of hydrogen-bond acceptors (Lipinski definition) is 4. The Balaban J connectivity index is 1.97. The lowest BCUT2D eigenvalue weighted by Gasteiger charge is -2.27. The average Bonchev–Trinajstić information content (AvgIpc) is 2.72. The Kier molecular flexibility index (Phi) is 8.14. The molecule has 0 aliphatic heterocycles. The summed E-state index contributed by atoms with van der Waals surface area (Å²) in [6.07, 6.45) is 4.44. The lowest BCUT2D eigenvalue weighted by atomic mass is 10.0. The van der Waals surface area contributed by atoms with Crippen LogP contribution in [0.1, 0.15) is 31.9 Å². The maximum atomic E-state index is 12.5. The predicted molar refractivity (Wildman–Crippen MR) is 112 cm³/mol. The standard InChI is InChI=1S/C22H30N4O2/c1-5-11-24-21(27)15-26(4)22(28)16-25(3)17(2)19-7-6-8-20(14-19)18-9-12-23-13-10-18/h6-10,12-14,17H,5,11,15-16H2,1-4H3,(H,24,27)/t17-/m0/s1. The van der Waals surface area contributed by atoms with E-state index >= 15 is 0 Å². The summed E-state index contributed by atoms with van der Waals surface area (Å²) in [4.78, 5) is 31.8. The Morgan fingerprint density at radius 3 is 2.46 bits per heavy atom. The second-order valence-electron chi connectivity index (χ2n) is 7.05. The van der Waals surface area contributed by atoms with Crippen LogP contribution in [0.4, 0.5) is 0 Å². The van der Waals surface area contributed by atoms with E-state index in [4.69, 9.17) is 0 Å². The van der Waals surface area contributed by atoms with Crippen molar-refractivity contribution in [3.8, 4) is 11.1 Å². The summed E-state index contributed by atoms with van der Waals surface area (Å²) in [5.41, 5.74) is 3.37. The molecule has 0 bridgehead atoms. The lowest BCUT2D eigenvalue weighted by molar-refractivity contribution is -0.135. The number of likely N-dealkylation sites (N-methyl/N-ethyl adjacent to an activating group) is 2. The maximum Gasteiger partial charge on any atom is 0.239 e. The molecule has 0 aliphatic carbocycles. The van der Waals surface area contributed by atoms with Gasteiger partial charge in [-0.1, -0.05) is 25.1 Å². The van der Waals surface area contributed by atoms with Gasteiger partial charge in [0.1, 0.15) is 0 Å². The number of carbonyl (C=O) groups is 2. The van der Waals surface area contributed by atoms with E-state index in [9.17, 15) is 9.59 Å². The van der Waals surface area contributed by atoms with E-state index in [1.807, 2.05) is 37.1 Å². The van der Waals surface area contributed by atoms with Crippen molar-refractivity contribution in [2.45, 2.75) is 26.3 Å². The first-order valence-corrected chi connectivity index (χ1v) is 9.63. The minimum Gasteiger partial charge on any atom is -0.355 e. The molecule has 0 aliphatic rings. The number of nitrogens with one attached hydrogen (secondary N) is 1. The minimum atomic E-state index is -0.126. The Morgan fingerprint density at radius 1 is 1.07 bits per heavy atom. The summed E-state index contributed by atoms with van der Waals surface area (Å²) in [6, 6.07) is 12.3. The second-order valence-corrected chi connectivity index (χ2v) is 7.05. The molecule has 2 amide bonds. The Morgan fingerprint density at radius 2 is 1.79 bits per heavy atom. The first-order chi connectivity index (χ1) is 13.4. The third-order valence-corrected chi connectivity index (χ3v) is 4.81. The summed E-state index contributed by atoms with van der Waals surface area (Å²) >= 11 is 0. The van der Waals surface area contributed by atoms with Crippen molar-refractivity contribution >= 4 is 11.8 Å². The van der Waals surface area contributed by atoms with Crippen LogP contribution in [-0.2, 0) is 9.59 Å². The molecular weight excluding hydrogens is 352 g/mol. The normalized spacial score (nSPS) is 11.9. The van der Waals surface area contributed by atoms with Gasteiger partial charge in [-0.2, -0.15) is 0 Å². The fourth-order valence-electron chi connectivity index (χ4n) is 2.87. The van der Waals surface area contributed by atoms with E-state index in [0.717, 1.165) is 23.1 Å². The molecule has 0 fully saturated rings. The molecule has 1 heterocycles. The number of nitrogens with zero attached hydrogens (tertiary/aromatic N) is 3. The highest BCUT2D eigenvalue weighted by atomic mass is 16.2. The van der Waals surface area contributed by atoms with Gasteiger partial charge in [0.05, 0.1) is 13.1 Å². The molecule has 1 aromatic carbocycles. The summed E-state index contributed by atoms with van der Waals surface area (Å²) in [6.45, 7) is 5.03. The SMILES string of the molecule is CCCNC(=O)CN(C)C(=O)CN(C)[C@@H](C)c1cccc(-c2ccncc2)c1. The number of rotatable bonds is 9. The molecule has 0 saturated carbocycles. The molecule has 0 radical (unpaired) electrons. The molecule has 28 heavy (non-hydrogen) atoms. The second kappa shape index (κ2) is 10.6. The Hall–Kier alpha value is -2.73. The molecular formula is C22H30N4O2. The lowest BCUT2D eigenvalue weighted by Crippen LogP contribution is -2.43. The van der Waals surface area contributed by atoms with Gasteiger partial charge < -0.3 is 10.2 Å². The van der Waals surface area contributed by atoms with Gasteiger partial charge in [0.25, 0.3) is 0 Å². The first-order valence-electron chi connectivity index (χ1n) is 9.63. The van der Waals surface area contributed by atoms with Crippen molar-refractivity contribution in [3.63, 3.8) is 0 Å². The Labute approximate surface area is 167 Å². The van der Waals surface area contributed by atoms with Gasteiger partial charge in [-0.25, -0.2) is 0 Å². The van der Waals surface area contributed by atoms with Crippen LogP contribution in [0.2, 0.25) is 0 Å². The van der Waals surface area contributed by atoms with Crippen LogP contribution in [0.25, 0.3) is 11.1 Å². The van der Waals surface area contributed by atoms with Crippen LogP contribution in [0, 0.1) is 0 Å². The fourth-order valence-corrected chi connectivity index (χ4v) is 2.87. The monoisotopic (exact) mass is 382 g/mol. The highest BCUT2D eigenvalue weighted by Gasteiger charge is 2.19. The molecule has 6 nitrogen and oxygen atoms in total. The van der Waals surface area contributed by atoms with Crippen LogP contribution in [0.5, 0.6) is 0 Å². The quantitative estimate of drug-likeness (QED) is 0.724. The average molecular weight is 383 g/mol. The number of aromatic nitrogens is 1. The molecule has 1 N–H and O–H groups in total. The van der Waals surface area contributed by atoms with E-state index in [2.05, 4.69) is 35.4 Å². The zero-order valence-electron chi connectivity index (χ0n) is 17.2. The highest BCUT2D eigenvalue weighted by Crippen LogP contribution is 2.25. The van der Waals surface area contributed by atoms with Crippen molar-refractivity contribution in [3.05, 3.63) is 54.4 Å². The van der Waals surface area contributed by atoms with Crippen LogP contribution in [0.3, 0.4) is 0 Å². The van der Waals surface area contributed by atoms with E-state index in [1.165, 1.54) is 4.90 Å². The zero-order chi connectivity index (χ0) is 20.5. The minimum absolute atomic E-state index is 0.0630. The largest absolute Gasteiger partial charge is 0.355 e. The van der Waals surface area contributed by atoms with Crippen molar-refractivity contribution < 1.29 is 9.59 Å². The number of carbonyl (C=O) groups excluding carboxylic acids is 2. The van der Waals surface area contributed by atoms with Gasteiger partial charge in [0.2, 0.25) is 11.8 Å². The van der Waals surface area contributed by atoms with E-state index in [-0.39, 0.29) is 30.9 Å². The molecule has 1 atom stereocenters. The van der Waals surface area contributed by atoms with E-state index < -0.39 is 0 Å². The number of amides is 2. The summed E-state index contributed by atoms with van der Waals surface area (Å²) in [5, 5.41) is 2.79. The fraction of sp³-hybridized carbons (Fsp3) is 0.409. The van der Waals surface area contributed by atoms with Crippen molar-refractivity contribution in [1.29, 1.82) is 0 Å². The third-order valence-electron chi connectivity index (χ3n) is 4.81. The zero-order valence-corrected chi connectivity index (χ0v) is 17.2. The van der Waals surface area contributed by atoms with Gasteiger partial charge in [0.15, 0.2) is 0 Å². The smallest absolute Gasteiger partial charge is 0.239 e. The van der Waals surface area contributed by atoms with Gasteiger partial charge in [0, 0.05) is 32.0 Å². The topological polar surface area (TPSA) is 65.5 Å². The van der Waals surface area contributed by atoms with E-state index in [1.54, 1.807) is 19.4 Å². The van der Waals surface area contributed by atoms with Crippen molar-refractivity contribution in [1.82, 2.24) is 20.1 Å². The van der Waals surface area contributed by atoms with Crippen LogP contribution >= 0.6 is 0 Å². The number of benzene rings is 1. The summed E-state index contributed by atoms with van der Waals surface area (Å²) < 4.78 is 0. The molecule has 2 aromatic rings. The molecule has 1 aromatic heterocycles. The molecule has 6 heteroatoms. The Bertz CT molecular complexity index is 779. The first kappa shape index (κ1) is 21.6. The summed E-state index contributed by atoms with van der Waals surface area (Å²) in [5.74, 6) is -0.204. The molecule has 0 saturated heterocycles. The van der Waals surface area contributed by atoms with Gasteiger partial charge in [-0.05, 0) is 55.3 Å². The van der Waals surface area contributed by atoms with Gasteiger partial charge in [-0.15, -0.1) is 0 Å². The molecule has 0 unspecified atom stereocenters. The van der Waals surface area contributed by atoms with Gasteiger partial charge >= 0.3 is 0 Å². The maximum absolute atomic E-state index is 12.5.